The Balaban J connectivity index is 0.00000256. The van der Waals surface area contributed by atoms with Crippen LogP contribution in [0.15, 0.2) is 23.8 Å². The summed E-state index contributed by atoms with van der Waals surface area (Å²) < 4.78 is 5.56. The summed E-state index contributed by atoms with van der Waals surface area (Å²) in [4.78, 5) is 2.30. The smallest absolute Gasteiger partial charge is 0.142 e. The first-order valence-corrected chi connectivity index (χ1v) is 11.7. The van der Waals surface area contributed by atoms with E-state index in [-0.39, 0.29) is 7.43 Å². The molecule has 4 atom stereocenters. The predicted molar refractivity (Wildman–Crippen MR) is 129 cm³/mol. The lowest BCUT2D eigenvalue weighted by Crippen LogP contribution is -2.40. The van der Waals surface area contributed by atoms with Gasteiger partial charge in [0.1, 0.15) is 5.75 Å². The van der Waals surface area contributed by atoms with E-state index in [9.17, 15) is 0 Å². The third kappa shape index (κ3) is 4.15. The third-order valence-corrected chi connectivity index (χ3v) is 8.37. The molecule has 0 amide bonds. The Morgan fingerprint density at radius 2 is 1.97 bits per heavy atom. The van der Waals surface area contributed by atoms with Crippen molar-refractivity contribution < 1.29 is 4.74 Å². The van der Waals surface area contributed by atoms with Crippen LogP contribution in [0, 0.1) is 17.3 Å². The summed E-state index contributed by atoms with van der Waals surface area (Å²) in [6.45, 7) is 3.80. The maximum Gasteiger partial charge on any atom is 0.142 e. The zero-order valence-corrected chi connectivity index (χ0v) is 19.0. The maximum absolute atomic E-state index is 6.20. The van der Waals surface area contributed by atoms with E-state index in [1.807, 2.05) is 0 Å². The van der Waals surface area contributed by atoms with E-state index < -0.39 is 0 Å². The van der Waals surface area contributed by atoms with Gasteiger partial charge in [0, 0.05) is 0 Å². The molecule has 0 aromatic heterocycles. The Bertz CT molecular complexity index is 768. The lowest BCUT2D eigenvalue weighted by atomic mass is 9.55. The second-order valence-electron chi connectivity index (χ2n) is 10.2. The van der Waals surface area contributed by atoms with Gasteiger partial charge in [-0.25, -0.2) is 0 Å². The molecular formula is C27H44N2O. The van der Waals surface area contributed by atoms with Gasteiger partial charge >= 0.3 is 0 Å². The Hall–Kier alpha value is -1.48. The number of fused-ring (bicyclic) bond motifs is 5. The minimum Gasteiger partial charge on any atom is -0.495 e. The van der Waals surface area contributed by atoms with Crippen molar-refractivity contribution in [1.29, 1.82) is 0 Å². The highest BCUT2D eigenvalue weighted by Gasteiger charge is 2.52. The lowest BCUT2D eigenvalue weighted by Gasteiger charge is -2.49. The van der Waals surface area contributed by atoms with Crippen LogP contribution in [-0.4, -0.2) is 32.6 Å². The maximum atomic E-state index is 6.20. The largest absolute Gasteiger partial charge is 0.495 e. The second-order valence-corrected chi connectivity index (χ2v) is 10.2. The summed E-state index contributed by atoms with van der Waals surface area (Å²) in [7, 11) is 6.08. The molecule has 3 aliphatic rings. The highest BCUT2D eigenvalue weighted by molar-refractivity contribution is 5.58. The molecule has 2 fully saturated rings. The van der Waals surface area contributed by atoms with Crippen LogP contribution < -0.4 is 10.5 Å². The van der Waals surface area contributed by atoms with E-state index in [2.05, 4.69) is 44.1 Å². The average Bonchev–Trinajstić information content (AvgIpc) is 3.03. The number of hydrogen-bond donors (Lipinski definition) is 1. The van der Waals surface area contributed by atoms with Crippen LogP contribution in [0.25, 0.3) is 0 Å². The number of benzene rings is 1. The molecule has 30 heavy (non-hydrogen) atoms. The van der Waals surface area contributed by atoms with Gasteiger partial charge in [0.2, 0.25) is 0 Å². The van der Waals surface area contributed by atoms with E-state index in [0.29, 0.717) is 11.3 Å². The van der Waals surface area contributed by atoms with Gasteiger partial charge in [-0.15, -0.1) is 0 Å². The van der Waals surface area contributed by atoms with Crippen molar-refractivity contribution in [2.24, 2.45) is 17.3 Å². The molecule has 1 aromatic rings. The monoisotopic (exact) mass is 412 g/mol. The summed E-state index contributed by atoms with van der Waals surface area (Å²) in [6, 6.07) is 4.45. The fraction of sp³-hybridized carbons (Fsp3) is 0.704. The molecule has 0 heterocycles. The van der Waals surface area contributed by atoms with Crippen molar-refractivity contribution in [2.45, 2.75) is 78.1 Å². The Morgan fingerprint density at radius 1 is 1.17 bits per heavy atom. The molecule has 0 bridgehead atoms. The standard InChI is InChI=1S/C26H40N2O.CH4/c1-26-14-13-20-21(11-9-18-16-24(27)25(29-4)17-22(18)20)23(26)12-10-19(26)8-6-5-7-15-28(2)3;/h8,16-17,20-21,23H,5-7,9-15,27H2,1-4H3;1H4/b19-8+;. The number of aryl methyl sites for hydroxylation is 1. The van der Waals surface area contributed by atoms with E-state index >= 15 is 0 Å². The van der Waals surface area contributed by atoms with Gasteiger partial charge in [-0.3, -0.25) is 0 Å². The fourth-order valence-corrected chi connectivity index (χ4v) is 6.83. The molecule has 1 aromatic carbocycles. The SMILES string of the molecule is C.COc1cc2c(cc1N)CCC1C2CCC2(C)/C(=C/CCCCN(C)C)CCC12. The number of nitrogens with two attached hydrogens (primary N) is 1. The van der Waals surface area contributed by atoms with Crippen LogP contribution in [0.3, 0.4) is 0 Å². The number of allylic oxidation sites excluding steroid dienone is 2. The van der Waals surface area contributed by atoms with Crippen LogP contribution in [0.5, 0.6) is 5.75 Å². The fourth-order valence-electron chi connectivity index (χ4n) is 6.83. The number of unbranched alkanes of at least 4 members (excludes halogenated alkanes) is 2. The first kappa shape index (κ1) is 23.2. The molecule has 2 saturated carbocycles. The number of nitrogen functional groups attached to an aromatic ring is 1. The third-order valence-electron chi connectivity index (χ3n) is 8.37. The summed E-state index contributed by atoms with van der Waals surface area (Å²) in [6.07, 6.45) is 14.4. The highest BCUT2D eigenvalue weighted by Crippen LogP contribution is 2.63. The average molecular weight is 413 g/mol. The van der Waals surface area contributed by atoms with Gasteiger partial charge in [-0.2, -0.15) is 0 Å². The summed E-state index contributed by atoms with van der Waals surface area (Å²) >= 11 is 0. The molecule has 4 unspecified atom stereocenters. The molecule has 2 N–H and O–H groups in total. The minimum absolute atomic E-state index is 0. The van der Waals surface area contributed by atoms with Gasteiger partial charge in [0.05, 0.1) is 12.8 Å². The first-order chi connectivity index (χ1) is 13.9. The number of hydrogen-bond acceptors (Lipinski definition) is 3. The Labute approximate surface area is 185 Å². The minimum atomic E-state index is 0. The molecular weight excluding hydrogens is 368 g/mol. The van der Waals surface area contributed by atoms with Crippen molar-refractivity contribution in [1.82, 2.24) is 4.90 Å². The molecule has 0 spiro atoms. The van der Waals surface area contributed by atoms with E-state index in [1.165, 1.54) is 75.5 Å². The molecule has 0 radical (unpaired) electrons. The first-order valence-electron chi connectivity index (χ1n) is 11.7. The van der Waals surface area contributed by atoms with E-state index in [1.54, 1.807) is 12.7 Å². The predicted octanol–water partition coefficient (Wildman–Crippen LogP) is 6.43. The van der Waals surface area contributed by atoms with Crippen molar-refractivity contribution in [3.63, 3.8) is 0 Å². The normalized spacial score (nSPS) is 31.1. The zero-order valence-electron chi connectivity index (χ0n) is 19.0. The number of anilines is 1. The summed E-state index contributed by atoms with van der Waals surface area (Å²) in [5.74, 6) is 3.24. The van der Waals surface area contributed by atoms with Gasteiger partial charge in [-0.1, -0.05) is 26.0 Å². The number of rotatable bonds is 6. The van der Waals surface area contributed by atoms with Crippen LogP contribution >= 0.6 is 0 Å². The number of ether oxygens (including phenoxy) is 1. The quantitative estimate of drug-likeness (QED) is 0.332. The van der Waals surface area contributed by atoms with Gasteiger partial charge < -0.3 is 15.4 Å². The van der Waals surface area contributed by atoms with E-state index in [0.717, 1.165) is 23.3 Å². The number of methoxy groups -OCH3 is 1. The van der Waals surface area contributed by atoms with Gasteiger partial charge in [0.25, 0.3) is 0 Å². The zero-order chi connectivity index (χ0) is 20.6. The highest BCUT2D eigenvalue weighted by atomic mass is 16.5. The van der Waals surface area contributed by atoms with Crippen LogP contribution in [0.4, 0.5) is 5.69 Å². The molecule has 3 heteroatoms. The molecule has 3 nitrogen and oxygen atoms in total. The van der Waals surface area contributed by atoms with Crippen molar-refractivity contribution in [3.8, 4) is 5.75 Å². The Morgan fingerprint density at radius 3 is 2.70 bits per heavy atom. The van der Waals surface area contributed by atoms with E-state index in [4.69, 9.17) is 10.5 Å². The van der Waals surface area contributed by atoms with Crippen LogP contribution in [-0.2, 0) is 6.42 Å². The van der Waals surface area contributed by atoms with Crippen molar-refractivity contribution in [3.05, 3.63) is 34.9 Å². The van der Waals surface area contributed by atoms with Crippen LogP contribution in [0.1, 0.15) is 82.8 Å². The molecule has 3 aliphatic carbocycles. The topological polar surface area (TPSA) is 38.5 Å². The summed E-state index contributed by atoms with van der Waals surface area (Å²) in [5.41, 5.74) is 12.2. The molecule has 0 aliphatic heterocycles. The van der Waals surface area contributed by atoms with Gasteiger partial charge in [-0.05, 0) is 125 Å². The van der Waals surface area contributed by atoms with Gasteiger partial charge in [0.15, 0.2) is 0 Å². The van der Waals surface area contributed by atoms with Crippen LogP contribution in [0.2, 0.25) is 0 Å². The Kier molecular flexibility index (Phi) is 7.22. The number of nitrogens with zero attached hydrogens (tertiary/aromatic N) is 1. The van der Waals surface area contributed by atoms with Crippen molar-refractivity contribution in [2.75, 3.05) is 33.5 Å². The molecule has 0 saturated heterocycles. The van der Waals surface area contributed by atoms with Crippen molar-refractivity contribution >= 4 is 5.69 Å². The lowest BCUT2D eigenvalue weighted by molar-refractivity contribution is 0.0812. The molecule has 4 rings (SSSR count). The second kappa shape index (κ2) is 9.34. The summed E-state index contributed by atoms with van der Waals surface area (Å²) in [5, 5.41) is 0. The molecule has 168 valence electrons.